The number of hydrogen-bond acceptors (Lipinski definition) is 5. The number of carbonyl (C=O) groups excluding carboxylic acids is 1. The number of thiophene rings is 1. The Morgan fingerprint density at radius 3 is 2.69 bits per heavy atom. The van der Waals surface area contributed by atoms with Crippen LogP contribution in [0.4, 0.5) is 10.1 Å². The van der Waals surface area contributed by atoms with Crippen LogP contribution in [-0.2, 0) is 4.79 Å². The Hall–Kier alpha value is -2.68. The van der Waals surface area contributed by atoms with Crippen molar-refractivity contribution in [3.63, 3.8) is 0 Å². The first-order chi connectivity index (χ1) is 14.1. The molecule has 4 aromatic rings. The lowest BCUT2D eigenvalue weighted by Crippen LogP contribution is -2.14. The van der Waals surface area contributed by atoms with E-state index in [1.54, 1.807) is 11.3 Å². The highest BCUT2D eigenvalue weighted by Gasteiger charge is 2.18. The minimum absolute atomic E-state index is 0.0418. The van der Waals surface area contributed by atoms with Crippen LogP contribution in [0.25, 0.3) is 16.4 Å². The van der Waals surface area contributed by atoms with E-state index < -0.39 is 5.82 Å². The highest BCUT2D eigenvalue weighted by molar-refractivity contribution is 7.99. The van der Waals surface area contributed by atoms with Gasteiger partial charge >= 0.3 is 0 Å². The zero-order chi connectivity index (χ0) is 20.2. The maximum Gasteiger partial charge on any atom is 0.234 e. The molecular formula is C20H14ClFN4OS2. The Kier molecular flexibility index (Phi) is 5.94. The predicted octanol–water partition coefficient (Wildman–Crippen LogP) is 5.52. The van der Waals surface area contributed by atoms with Crippen LogP contribution in [0.15, 0.2) is 71.2 Å². The third-order valence-corrected chi connectivity index (χ3v) is 6.01. The number of thioether (sulfide) groups is 1. The van der Waals surface area contributed by atoms with Gasteiger partial charge in [-0.1, -0.05) is 47.6 Å². The Labute approximate surface area is 179 Å². The van der Waals surface area contributed by atoms with Crippen LogP contribution in [0.5, 0.6) is 0 Å². The molecule has 29 heavy (non-hydrogen) atoms. The van der Waals surface area contributed by atoms with Crippen molar-refractivity contribution in [3.8, 4) is 16.4 Å². The molecule has 0 radical (unpaired) electrons. The molecule has 2 heterocycles. The lowest BCUT2D eigenvalue weighted by molar-refractivity contribution is -0.113. The van der Waals surface area contributed by atoms with Gasteiger partial charge in [-0.15, -0.1) is 21.5 Å². The SMILES string of the molecule is O=C(CSc1nnc(-c2cccs2)n1-c1ccccc1)Nc1ccc(F)c(Cl)c1. The van der Waals surface area contributed by atoms with Crippen molar-refractivity contribution in [2.24, 2.45) is 0 Å². The average Bonchev–Trinajstić information content (AvgIpc) is 3.39. The third-order valence-electron chi connectivity index (χ3n) is 3.93. The quantitative estimate of drug-likeness (QED) is 0.398. The molecule has 1 amide bonds. The number of aromatic nitrogens is 3. The molecule has 0 atom stereocenters. The van der Waals surface area contributed by atoms with Gasteiger partial charge in [-0.3, -0.25) is 9.36 Å². The summed E-state index contributed by atoms with van der Waals surface area (Å²) in [6.07, 6.45) is 0. The van der Waals surface area contributed by atoms with Crippen LogP contribution in [0.1, 0.15) is 0 Å². The van der Waals surface area contributed by atoms with Gasteiger partial charge in [-0.25, -0.2) is 4.39 Å². The van der Waals surface area contributed by atoms with Gasteiger partial charge in [0.15, 0.2) is 11.0 Å². The summed E-state index contributed by atoms with van der Waals surface area (Å²) in [7, 11) is 0. The highest BCUT2D eigenvalue weighted by atomic mass is 35.5. The largest absolute Gasteiger partial charge is 0.325 e. The van der Waals surface area contributed by atoms with Gasteiger partial charge in [-0.05, 0) is 41.8 Å². The molecule has 0 unspecified atom stereocenters. The number of nitrogens with one attached hydrogen (secondary N) is 1. The lowest BCUT2D eigenvalue weighted by atomic mass is 10.3. The van der Waals surface area contributed by atoms with Crippen molar-refractivity contribution in [2.75, 3.05) is 11.1 Å². The van der Waals surface area contributed by atoms with Crippen LogP contribution in [0.2, 0.25) is 5.02 Å². The van der Waals surface area contributed by atoms with E-state index in [9.17, 15) is 9.18 Å². The number of anilines is 1. The van der Waals surface area contributed by atoms with Crippen LogP contribution >= 0.6 is 34.7 Å². The molecule has 0 spiro atoms. The number of nitrogens with zero attached hydrogens (tertiary/aromatic N) is 3. The topological polar surface area (TPSA) is 59.8 Å². The summed E-state index contributed by atoms with van der Waals surface area (Å²) in [5.74, 6) is 0.0539. The molecule has 5 nitrogen and oxygen atoms in total. The Balaban J connectivity index is 1.54. The second-order valence-electron chi connectivity index (χ2n) is 5.92. The molecule has 2 aromatic heterocycles. The summed E-state index contributed by atoms with van der Waals surface area (Å²) in [6, 6.07) is 17.7. The van der Waals surface area contributed by atoms with Crippen LogP contribution in [0.3, 0.4) is 0 Å². The number of benzene rings is 2. The first-order valence-electron chi connectivity index (χ1n) is 8.54. The van der Waals surface area contributed by atoms with Crippen molar-refractivity contribution >= 4 is 46.3 Å². The molecule has 9 heteroatoms. The molecule has 0 bridgehead atoms. The van der Waals surface area contributed by atoms with Crippen LogP contribution < -0.4 is 5.32 Å². The molecule has 0 saturated heterocycles. The van der Waals surface area contributed by atoms with Crippen molar-refractivity contribution in [2.45, 2.75) is 5.16 Å². The predicted molar refractivity (Wildman–Crippen MR) is 115 cm³/mol. The molecule has 0 fully saturated rings. The van der Waals surface area contributed by atoms with E-state index in [0.29, 0.717) is 10.8 Å². The Morgan fingerprint density at radius 2 is 1.97 bits per heavy atom. The number of rotatable bonds is 6. The molecule has 146 valence electrons. The Bertz CT molecular complexity index is 1130. The van der Waals surface area contributed by atoms with Crippen molar-refractivity contribution in [1.82, 2.24) is 14.8 Å². The monoisotopic (exact) mass is 444 g/mol. The summed E-state index contributed by atoms with van der Waals surface area (Å²) in [5.41, 5.74) is 1.35. The Morgan fingerprint density at radius 1 is 1.14 bits per heavy atom. The van der Waals surface area contributed by atoms with E-state index in [1.807, 2.05) is 52.4 Å². The summed E-state index contributed by atoms with van der Waals surface area (Å²) >= 11 is 8.60. The maximum absolute atomic E-state index is 13.3. The van der Waals surface area contributed by atoms with E-state index in [0.717, 1.165) is 16.4 Å². The number of carbonyl (C=O) groups is 1. The minimum atomic E-state index is -0.531. The maximum atomic E-state index is 13.3. The average molecular weight is 445 g/mol. The lowest BCUT2D eigenvalue weighted by Gasteiger charge is -2.09. The van der Waals surface area contributed by atoms with E-state index in [4.69, 9.17) is 11.6 Å². The fourth-order valence-electron chi connectivity index (χ4n) is 2.64. The molecule has 0 saturated carbocycles. The van der Waals surface area contributed by atoms with Crippen molar-refractivity contribution in [1.29, 1.82) is 0 Å². The summed E-state index contributed by atoms with van der Waals surface area (Å²) in [5, 5.41) is 13.9. The van der Waals surface area contributed by atoms with Gasteiger partial charge < -0.3 is 5.32 Å². The fraction of sp³-hybridized carbons (Fsp3) is 0.0500. The summed E-state index contributed by atoms with van der Waals surface area (Å²) < 4.78 is 15.2. The molecular weight excluding hydrogens is 431 g/mol. The first kappa shape index (κ1) is 19.6. The summed E-state index contributed by atoms with van der Waals surface area (Å²) in [4.78, 5) is 13.3. The van der Waals surface area contributed by atoms with Crippen molar-refractivity contribution < 1.29 is 9.18 Å². The molecule has 0 aliphatic rings. The molecule has 0 aliphatic heterocycles. The summed E-state index contributed by atoms with van der Waals surface area (Å²) in [6.45, 7) is 0. The van der Waals surface area contributed by atoms with Gasteiger partial charge in [0.25, 0.3) is 0 Å². The van der Waals surface area contributed by atoms with Crippen LogP contribution in [0, 0.1) is 5.82 Å². The van der Waals surface area contributed by atoms with E-state index >= 15 is 0 Å². The van der Waals surface area contributed by atoms with Crippen LogP contribution in [-0.4, -0.2) is 26.4 Å². The zero-order valence-corrected chi connectivity index (χ0v) is 17.3. The van der Waals surface area contributed by atoms with Gasteiger partial charge in [0.05, 0.1) is 15.7 Å². The van der Waals surface area contributed by atoms with Gasteiger partial charge in [0.1, 0.15) is 5.82 Å². The van der Waals surface area contributed by atoms with E-state index in [-0.39, 0.29) is 16.7 Å². The highest BCUT2D eigenvalue weighted by Crippen LogP contribution is 2.30. The molecule has 4 rings (SSSR count). The molecule has 1 N–H and O–H groups in total. The third kappa shape index (κ3) is 4.50. The smallest absolute Gasteiger partial charge is 0.234 e. The molecule has 2 aromatic carbocycles. The zero-order valence-electron chi connectivity index (χ0n) is 14.9. The molecule has 0 aliphatic carbocycles. The number of halogens is 2. The van der Waals surface area contributed by atoms with Gasteiger partial charge in [0, 0.05) is 11.4 Å². The second-order valence-corrected chi connectivity index (χ2v) is 8.22. The second kappa shape index (κ2) is 8.77. The number of amides is 1. The van der Waals surface area contributed by atoms with E-state index in [1.165, 1.54) is 30.0 Å². The van der Waals surface area contributed by atoms with Gasteiger partial charge in [0.2, 0.25) is 5.91 Å². The number of para-hydroxylation sites is 1. The normalized spacial score (nSPS) is 10.8. The standard InChI is InChI=1S/C20H14ClFN4OS2/c21-15-11-13(8-9-16(15)22)23-18(27)12-29-20-25-24-19(17-7-4-10-28-17)26(20)14-5-2-1-3-6-14/h1-11H,12H2,(H,23,27). The van der Waals surface area contributed by atoms with E-state index in [2.05, 4.69) is 15.5 Å². The van der Waals surface area contributed by atoms with Gasteiger partial charge in [-0.2, -0.15) is 0 Å². The fourth-order valence-corrected chi connectivity index (χ4v) is 4.27. The number of hydrogen-bond donors (Lipinski definition) is 1. The first-order valence-corrected chi connectivity index (χ1v) is 10.8. The minimum Gasteiger partial charge on any atom is -0.325 e. The van der Waals surface area contributed by atoms with Crippen molar-refractivity contribution in [3.05, 3.63) is 76.9 Å².